The number of amides is 1. The molecule has 0 aliphatic carbocycles. The van der Waals surface area contributed by atoms with Crippen molar-refractivity contribution in [2.24, 2.45) is 5.11 Å². The van der Waals surface area contributed by atoms with Gasteiger partial charge in [-0.1, -0.05) is 17.2 Å². The van der Waals surface area contributed by atoms with Crippen molar-refractivity contribution >= 4 is 29.0 Å². The van der Waals surface area contributed by atoms with E-state index in [1.54, 1.807) is 24.3 Å². The molecule has 112 valence electrons. The average molecular weight is 320 g/mol. The Morgan fingerprint density at radius 3 is 2.64 bits per heavy atom. The highest BCUT2D eigenvalue weighted by Gasteiger charge is 2.08. The van der Waals surface area contributed by atoms with E-state index in [4.69, 9.17) is 5.53 Å². The average Bonchev–Trinajstić information content (AvgIpc) is 2.51. The highest BCUT2D eigenvalue weighted by atomic mass is 32.2. The van der Waals surface area contributed by atoms with Crippen molar-refractivity contribution in [2.45, 2.75) is 4.90 Å². The van der Waals surface area contributed by atoms with E-state index >= 15 is 0 Å². The van der Waals surface area contributed by atoms with Gasteiger partial charge in [0.05, 0.1) is 11.4 Å². The molecule has 0 aromatic heterocycles. The fraction of sp³-hybridized carbons (Fsp3) is 0.0714. The zero-order chi connectivity index (χ0) is 15.9. The molecule has 0 unspecified atom stereocenters. The van der Waals surface area contributed by atoms with Crippen LogP contribution in [0, 0.1) is 11.6 Å². The Balaban J connectivity index is 1.92. The van der Waals surface area contributed by atoms with Crippen LogP contribution in [0.1, 0.15) is 0 Å². The predicted octanol–water partition coefficient (Wildman–Crippen LogP) is 4.64. The molecule has 5 nitrogen and oxygen atoms in total. The van der Waals surface area contributed by atoms with Crippen LogP contribution in [0.5, 0.6) is 0 Å². The van der Waals surface area contributed by atoms with Crippen LogP contribution < -0.4 is 5.32 Å². The Kier molecular flexibility index (Phi) is 5.35. The molecule has 0 spiro atoms. The molecule has 22 heavy (non-hydrogen) atoms. The fourth-order valence-corrected chi connectivity index (χ4v) is 2.29. The topological polar surface area (TPSA) is 77.9 Å². The van der Waals surface area contributed by atoms with E-state index in [2.05, 4.69) is 15.3 Å². The normalized spacial score (nSPS) is 9.91. The number of nitrogens with one attached hydrogen (secondary N) is 1. The first kappa shape index (κ1) is 15.8. The minimum Gasteiger partial charge on any atom is -0.323 e. The maximum absolute atomic E-state index is 13.4. The smallest absolute Gasteiger partial charge is 0.234 e. The third-order valence-electron chi connectivity index (χ3n) is 2.57. The van der Waals surface area contributed by atoms with Gasteiger partial charge < -0.3 is 5.32 Å². The lowest BCUT2D eigenvalue weighted by Crippen LogP contribution is -2.15. The van der Waals surface area contributed by atoms with Crippen LogP contribution in [-0.4, -0.2) is 11.7 Å². The van der Waals surface area contributed by atoms with E-state index in [0.29, 0.717) is 5.69 Å². The van der Waals surface area contributed by atoms with Gasteiger partial charge in [0.1, 0.15) is 11.6 Å². The molecule has 2 rings (SSSR count). The molecule has 0 bridgehead atoms. The first-order valence-corrected chi connectivity index (χ1v) is 7.10. The Labute approximate surface area is 129 Å². The number of nitrogens with zero attached hydrogens (tertiary/aromatic N) is 3. The second-order valence-electron chi connectivity index (χ2n) is 4.14. The van der Waals surface area contributed by atoms with E-state index < -0.39 is 17.5 Å². The summed E-state index contributed by atoms with van der Waals surface area (Å²) in [5.74, 6) is -1.73. The lowest BCUT2D eigenvalue weighted by molar-refractivity contribution is -0.113. The van der Waals surface area contributed by atoms with Crippen LogP contribution in [0.2, 0.25) is 0 Å². The van der Waals surface area contributed by atoms with Crippen molar-refractivity contribution in [1.29, 1.82) is 0 Å². The monoisotopic (exact) mass is 320 g/mol. The lowest BCUT2D eigenvalue weighted by atomic mass is 10.3. The molecule has 0 atom stereocenters. The van der Waals surface area contributed by atoms with Crippen LogP contribution in [0.15, 0.2) is 52.5 Å². The van der Waals surface area contributed by atoms with Crippen molar-refractivity contribution < 1.29 is 13.6 Å². The Hall–Kier alpha value is -2.57. The molecule has 0 radical (unpaired) electrons. The van der Waals surface area contributed by atoms with Crippen LogP contribution in [0.25, 0.3) is 10.4 Å². The van der Waals surface area contributed by atoms with Crippen molar-refractivity contribution in [3.8, 4) is 0 Å². The van der Waals surface area contributed by atoms with Crippen LogP contribution in [0.4, 0.5) is 20.2 Å². The van der Waals surface area contributed by atoms with Gasteiger partial charge in [-0.05, 0) is 29.8 Å². The first-order valence-electron chi connectivity index (χ1n) is 6.11. The number of thioether (sulfide) groups is 1. The third-order valence-corrected chi connectivity index (χ3v) is 3.58. The second-order valence-corrected chi connectivity index (χ2v) is 5.19. The van der Waals surface area contributed by atoms with Crippen LogP contribution in [-0.2, 0) is 4.79 Å². The van der Waals surface area contributed by atoms with E-state index in [9.17, 15) is 13.6 Å². The van der Waals surface area contributed by atoms with Gasteiger partial charge in [0.2, 0.25) is 5.91 Å². The van der Waals surface area contributed by atoms with Crippen LogP contribution >= 0.6 is 11.8 Å². The minimum atomic E-state index is -0.696. The van der Waals surface area contributed by atoms with Gasteiger partial charge in [0.15, 0.2) is 0 Å². The zero-order valence-electron chi connectivity index (χ0n) is 11.2. The molecule has 2 aromatic rings. The van der Waals surface area contributed by atoms with Crippen LogP contribution in [0.3, 0.4) is 0 Å². The molecule has 0 heterocycles. The van der Waals surface area contributed by atoms with Gasteiger partial charge in [-0.2, -0.15) is 0 Å². The minimum absolute atomic E-state index is 0.0385. The number of azide groups is 1. The van der Waals surface area contributed by atoms with Gasteiger partial charge in [0, 0.05) is 21.6 Å². The number of anilines is 1. The molecular weight excluding hydrogens is 310 g/mol. The molecule has 0 aliphatic heterocycles. The number of halogens is 2. The number of carbonyl (C=O) groups excluding carboxylic acids is 1. The van der Waals surface area contributed by atoms with Crippen molar-refractivity contribution in [3.05, 3.63) is 64.5 Å². The van der Waals surface area contributed by atoms with Crippen molar-refractivity contribution in [2.75, 3.05) is 11.1 Å². The van der Waals surface area contributed by atoms with E-state index in [1.165, 1.54) is 11.8 Å². The summed E-state index contributed by atoms with van der Waals surface area (Å²) in [6.45, 7) is 0. The standard InChI is InChI=1S/C14H10F2N4OS/c15-9-1-6-12(16)13(7-9)18-14(21)8-22-11-4-2-10(3-5-11)19-20-17/h1-7H,8H2,(H,18,21). The van der Waals surface area contributed by atoms with Crippen molar-refractivity contribution in [1.82, 2.24) is 0 Å². The highest BCUT2D eigenvalue weighted by molar-refractivity contribution is 8.00. The Morgan fingerprint density at radius 1 is 1.23 bits per heavy atom. The number of carbonyl (C=O) groups is 1. The summed E-state index contributed by atoms with van der Waals surface area (Å²) in [5, 5.41) is 5.74. The molecule has 2 aromatic carbocycles. The molecule has 1 amide bonds. The Morgan fingerprint density at radius 2 is 1.95 bits per heavy atom. The summed E-state index contributed by atoms with van der Waals surface area (Å²) >= 11 is 1.22. The number of hydrogen-bond acceptors (Lipinski definition) is 3. The summed E-state index contributed by atoms with van der Waals surface area (Å²) in [4.78, 5) is 15.2. The first-order chi connectivity index (χ1) is 10.6. The number of benzene rings is 2. The molecule has 8 heteroatoms. The molecular formula is C14H10F2N4OS. The van der Waals surface area contributed by atoms with Gasteiger partial charge in [0.25, 0.3) is 0 Å². The Bertz CT molecular complexity index is 730. The SMILES string of the molecule is [N-]=[N+]=Nc1ccc(SCC(=O)Nc2cc(F)ccc2F)cc1. The van der Waals surface area contributed by atoms with Gasteiger partial charge in [-0.15, -0.1) is 11.8 Å². The lowest BCUT2D eigenvalue weighted by Gasteiger charge is -2.06. The second kappa shape index (κ2) is 7.44. The summed E-state index contributed by atoms with van der Waals surface area (Å²) in [7, 11) is 0. The summed E-state index contributed by atoms with van der Waals surface area (Å²) in [6, 6.07) is 9.48. The summed E-state index contributed by atoms with van der Waals surface area (Å²) in [6.07, 6.45) is 0. The maximum Gasteiger partial charge on any atom is 0.234 e. The van der Waals surface area contributed by atoms with E-state index in [1.807, 2.05) is 0 Å². The van der Waals surface area contributed by atoms with E-state index in [-0.39, 0.29) is 11.4 Å². The maximum atomic E-state index is 13.4. The van der Waals surface area contributed by atoms with Gasteiger partial charge in [-0.3, -0.25) is 4.79 Å². The number of hydrogen-bond donors (Lipinski definition) is 1. The van der Waals surface area contributed by atoms with E-state index in [0.717, 1.165) is 23.1 Å². The summed E-state index contributed by atoms with van der Waals surface area (Å²) < 4.78 is 26.4. The fourth-order valence-electron chi connectivity index (χ4n) is 1.59. The highest BCUT2D eigenvalue weighted by Crippen LogP contribution is 2.22. The largest absolute Gasteiger partial charge is 0.323 e. The predicted molar refractivity (Wildman–Crippen MR) is 81.0 cm³/mol. The van der Waals surface area contributed by atoms with Crippen molar-refractivity contribution in [3.63, 3.8) is 0 Å². The molecule has 1 N–H and O–H groups in total. The molecule has 0 saturated heterocycles. The van der Waals surface area contributed by atoms with Gasteiger partial charge in [-0.25, -0.2) is 8.78 Å². The zero-order valence-corrected chi connectivity index (χ0v) is 12.0. The molecule has 0 aliphatic rings. The number of rotatable bonds is 5. The summed E-state index contributed by atoms with van der Waals surface area (Å²) in [5.41, 5.74) is 8.57. The third kappa shape index (κ3) is 4.47. The van der Waals surface area contributed by atoms with Gasteiger partial charge >= 0.3 is 0 Å². The quantitative estimate of drug-likeness (QED) is 0.377. The molecule has 0 fully saturated rings. The molecule has 0 saturated carbocycles.